The lowest BCUT2D eigenvalue weighted by Gasteiger charge is -2.55. The lowest BCUT2D eigenvalue weighted by Crippen LogP contribution is -2.68. The fraction of sp³-hybridized carbons (Fsp3) is 0.565. The molecule has 3 N–H and O–H groups in total. The van der Waals surface area contributed by atoms with Gasteiger partial charge in [-0.1, -0.05) is 44.2 Å². The number of urea groups is 1. The number of amides is 3. The quantitative estimate of drug-likeness (QED) is 0.628. The van der Waals surface area contributed by atoms with Crippen LogP contribution in [0.25, 0.3) is 5.57 Å². The Morgan fingerprint density at radius 1 is 1.14 bits per heavy atom. The average molecular weight is 400 g/mol. The number of carbonyl (C=O) groups is 2. The summed E-state index contributed by atoms with van der Waals surface area (Å²) in [5.74, 6) is 0.0161. The molecule has 0 spiro atoms. The van der Waals surface area contributed by atoms with Crippen molar-refractivity contribution >= 4 is 17.5 Å². The van der Waals surface area contributed by atoms with Crippen LogP contribution in [0, 0.1) is 0 Å². The van der Waals surface area contributed by atoms with Crippen LogP contribution < -0.4 is 10.6 Å². The average Bonchev–Trinajstić information content (AvgIpc) is 3.26. The second-order valence-electron chi connectivity index (χ2n) is 7.88. The van der Waals surface area contributed by atoms with Gasteiger partial charge in [-0.25, -0.2) is 4.79 Å². The number of aliphatic hydroxyl groups is 1. The molecule has 2 aliphatic rings. The number of nitrogens with one attached hydrogen (secondary N) is 2. The lowest BCUT2D eigenvalue weighted by molar-refractivity contribution is -0.149. The smallest absolute Gasteiger partial charge is 0.314 e. The Labute approximate surface area is 173 Å². The van der Waals surface area contributed by atoms with Gasteiger partial charge >= 0.3 is 6.03 Å². The third-order valence-electron chi connectivity index (χ3n) is 6.04. The third-order valence-corrected chi connectivity index (χ3v) is 6.04. The van der Waals surface area contributed by atoms with Crippen LogP contribution in [-0.4, -0.2) is 53.7 Å². The van der Waals surface area contributed by atoms with E-state index >= 15 is 0 Å². The summed E-state index contributed by atoms with van der Waals surface area (Å²) in [6, 6.07) is 7.89. The summed E-state index contributed by atoms with van der Waals surface area (Å²) in [5, 5.41) is 15.7. The lowest BCUT2D eigenvalue weighted by atomic mass is 9.74. The molecule has 1 aliphatic heterocycles. The Bertz CT molecular complexity index is 744. The van der Waals surface area contributed by atoms with Gasteiger partial charge in [0.25, 0.3) is 0 Å². The number of benzene rings is 1. The maximum Gasteiger partial charge on any atom is 0.314 e. The Hall–Kier alpha value is -2.34. The van der Waals surface area contributed by atoms with Crippen molar-refractivity contribution in [1.29, 1.82) is 0 Å². The van der Waals surface area contributed by atoms with E-state index in [2.05, 4.69) is 41.0 Å². The van der Waals surface area contributed by atoms with Crippen LogP contribution in [0.3, 0.4) is 0 Å². The van der Waals surface area contributed by atoms with Gasteiger partial charge in [-0.3, -0.25) is 4.79 Å². The second-order valence-corrected chi connectivity index (χ2v) is 7.88. The fourth-order valence-corrected chi connectivity index (χ4v) is 4.52. The van der Waals surface area contributed by atoms with Crippen molar-refractivity contribution in [3.63, 3.8) is 0 Å². The summed E-state index contributed by atoms with van der Waals surface area (Å²) in [7, 11) is 0. The number of allylic oxidation sites excluding steroid dienone is 2. The zero-order chi connectivity index (χ0) is 20.8. The predicted octanol–water partition coefficient (Wildman–Crippen LogP) is 3.03. The molecule has 0 saturated carbocycles. The highest BCUT2D eigenvalue weighted by molar-refractivity contribution is 5.79. The van der Waals surface area contributed by atoms with Crippen molar-refractivity contribution in [2.24, 2.45) is 0 Å². The first-order valence-corrected chi connectivity index (χ1v) is 10.8. The molecule has 1 heterocycles. The molecular formula is C23H33N3O3. The largest absolute Gasteiger partial charge is 0.394 e. The van der Waals surface area contributed by atoms with Crippen LogP contribution in [0.2, 0.25) is 0 Å². The zero-order valence-corrected chi connectivity index (χ0v) is 17.5. The van der Waals surface area contributed by atoms with E-state index in [1.165, 1.54) is 17.6 Å². The Kier molecular flexibility index (Phi) is 7.31. The number of hydrogen-bond donors (Lipinski definition) is 3. The van der Waals surface area contributed by atoms with Crippen LogP contribution in [0.5, 0.6) is 0 Å². The summed E-state index contributed by atoms with van der Waals surface area (Å²) in [6.45, 7) is 4.74. The monoisotopic (exact) mass is 399 g/mol. The maximum absolute atomic E-state index is 12.5. The van der Waals surface area contributed by atoms with Crippen LogP contribution in [0.15, 0.2) is 30.3 Å². The van der Waals surface area contributed by atoms with E-state index < -0.39 is 0 Å². The highest BCUT2D eigenvalue weighted by atomic mass is 16.3. The van der Waals surface area contributed by atoms with E-state index in [0.717, 1.165) is 24.8 Å². The molecule has 1 fully saturated rings. The third kappa shape index (κ3) is 4.64. The highest BCUT2D eigenvalue weighted by Gasteiger charge is 2.50. The minimum Gasteiger partial charge on any atom is -0.394 e. The standard InChI is InChI=1S/C23H33N3O3/c1-3-13-24-23(29)25-14-19-22(20(15-27)26(19)21(28)4-2)18-11-9-17(10-12-18)16-7-5-6-8-16/h7,9-12,19-20,22,27H,3-6,8,13-15H2,1-2H3,(H2,24,25,29)/t19-,20+,22+/m1/s1. The number of aliphatic hydroxyl groups excluding tert-OH is 1. The van der Waals surface area contributed by atoms with Crippen LogP contribution >= 0.6 is 0 Å². The van der Waals surface area contributed by atoms with Gasteiger partial charge in [-0.15, -0.1) is 0 Å². The van der Waals surface area contributed by atoms with E-state index in [0.29, 0.717) is 19.5 Å². The zero-order valence-electron chi connectivity index (χ0n) is 17.5. The van der Waals surface area contributed by atoms with Gasteiger partial charge in [0.2, 0.25) is 5.91 Å². The van der Waals surface area contributed by atoms with Gasteiger partial charge in [0, 0.05) is 25.4 Å². The summed E-state index contributed by atoms with van der Waals surface area (Å²) < 4.78 is 0. The molecule has 1 aromatic rings. The SMILES string of the molecule is CCCNC(=O)NC[C@@H]1[C@H](c2ccc(C3=CCCC3)cc2)[C@H](CO)N1C(=O)CC. The summed E-state index contributed by atoms with van der Waals surface area (Å²) in [6.07, 6.45) is 7.05. The second kappa shape index (κ2) is 9.92. The molecule has 1 aromatic carbocycles. The van der Waals surface area contributed by atoms with Crippen molar-refractivity contribution in [2.75, 3.05) is 19.7 Å². The first-order valence-electron chi connectivity index (χ1n) is 10.8. The van der Waals surface area contributed by atoms with Crippen molar-refractivity contribution < 1.29 is 14.7 Å². The minimum absolute atomic E-state index is 0.00795. The molecular weight excluding hydrogens is 366 g/mol. The molecule has 0 unspecified atom stereocenters. The summed E-state index contributed by atoms with van der Waals surface area (Å²) in [4.78, 5) is 26.2. The minimum atomic E-state index is -0.246. The van der Waals surface area contributed by atoms with Crippen molar-refractivity contribution in [1.82, 2.24) is 15.5 Å². The first kappa shape index (κ1) is 21.4. The predicted molar refractivity (Wildman–Crippen MR) is 115 cm³/mol. The molecule has 29 heavy (non-hydrogen) atoms. The number of hydrogen-bond acceptors (Lipinski definition) is 3. The molecule has 0 radical (unpaired) electrons. The molecule has 3 amide bonds. The molecule has 1 aliphatic carbocycles. The Balaban J connectivity index is 1.75. The van der Waals surface area contributed by atoms with Crippen molar-refractivity contribution in [2.45, 2.75) is 64.0 Å². The van der Waals surface area contributed by atoms with Crippen LogP contribution in [0.1, 0.15) is 63.0 Å². The van der Waals surface area contributed by atoms with Crippen molar-refractivity contribution in [3.8, 4) is 0 Å². The number of nitrogens with zero attached hydrogens (tertiary/aromatic N) is 1. The normalized spacial score (nSPS) is 23.3. The topological polar surface area (TPSA) is 81.7 Å². The van der Waals surface area contributed by atoms with Gasteiger partial charge < -0.3 is 20.6 Å². The highest BCUT2D eigenvalue weighted by Crippen LogP contribution is 2.41. The van der Waals surface area contributed by atoms with Gasteiger partial charge in [-0.2, -0.15) is 0 Å². The first-order chi connectivity index (χ1) is 14.1. The van der Waals surface area contributed by atoms with Gasteiger partial charge in [-0.05, 0) is 42.4 Å². The van der Waals surface area contributed by atoms with Gasteiger partial charge in [0.15, 0.2) is 0 Å². The van der Waals surface area contributed by atoms with E-state index in [4.69, 9.17) is 0 Å². The van der Waals surface area contributed by atoms with Gasteiger partial charge in [0.05, 0.1) is 18.7 Å². The van der Waals surface area contributed by atoms with Gasteiger partial charge in [0.1, 0.15) is 0 Å². The van der Waals surface area contributed by atoms with E-state index in [1.54, 1.807) is 4.90 Å². The summed E-state index contributed by atoms with van der Waals surface area (Å²) in [5.41, 5.74) is 3.76. The van der Waals surface area contributed by atoms with E-state index in [1.807, 2.05) is 13.8 Å². The maximum atomic E-state index is 12.5. The molecule has 0 bridgehead atoms. The van der Waals surface area contributed by atoms with Crippen LogP contribution in [-0.2, 0) is 4.79 Å². The number of carbonyl (C=O) groups excluding carboxylic acids is 2. The fourth-order valence-electron chi connectivity index (χ4n) is 4.52. The van der Waals surface area contributed by atoms with Crippen LogP contribution in [0.4, 0.5) is 4.79 Å². The molecule has 1 saturated heterocycles. The molecule has 3 rings (SSSR count). The number of likely N-dealkylation sites (tertiary alicyclic amines) is 1. The molecule has 3 atom stereocenters. The van der Waals surface area contributed by atoms with Crippen molar-refractivity contribution in [3.05, 3.63) is 41.5 Å². The molecule has 6 nitrogen and oxygen atoms in total. The molecule has 158 valence electrons. The van der Waals surface area contributed by atoms with E-state index in [-0.39, 0.29) is 36.5 Å². The molecule has 6 heteroatoms. The van der Waals surface area contributed by atoms with E-state index in [9.17, 15) is 14.7 Å². The Morgan fingerprint density at radius 2 is 1.90 bits per heavy atom. The molecule has 0 aromatic heterocycles. The summed E-state index contributed by atoms with van der Waals surface area (Å²) >= 11 is 0. The number of rotatable bonds is 8. The Morgan fingerprint density at radius 3 is 2.48 bits per heavy atom.